The summed E-state index contributed by atoms with van der Waals surface area (Å²) in [5, 5.41) is 3.21. The lowest BCUT2D eigenvalue weighted by Crippen LogP contribution is -2.48. The zero-order valence-corrected chi connectivity index (χ0v) is 14.3. The molecule has 1 saturated heterocycles. The second-order valence-corrected chi connectivity index (χ2v) is 7.08. The zero-order valence-electron chi connectivity index (χ0n) is 14.3. The molecule has 1 aromatic carbocycles. The van der Waals surface area contributed by atoms with E-state index in [0.717, 1.165) is 18.5 Å². The van der Waals surface area contributed by atoms with Crippen LogP contribution in [0.1, 0.15) is 44.3 Å². The number of carbonyl (C=O) groups excluding carboxylic acids is 1. The number of nitrogens with one attached hydrogen (secondary N) is 1. The van der Waals surface area contributed by atoms with Crippen molar-refractivity contribution in [3.8, 4) is 0 Å². The van der Waals surface area contributed by atoms with Crippen LogP contribution < -0.4 is 5.32 Å². The number of carbonyl (C=O) groups is 1. The average Bonchev–Trinajstić information content (AvgIpc) is 2.58. The quantitative estimate of drug-likeness (QED) is 0.920. The smallest absolute Gasteiger partial charge is 0.234 e. The minimum Gasteiger partial charge on any atom is -0.371 e. The Kier molecular flexibility index (Phi) is 5.85. The standard InChI is InChI=1S/C19H27FN2O2/c1-14-4-2-3-5-17(14)21-19(23)13-22-10-11-24-18(12-22)15-6-8-16(20)9-7-15/h6-9,14,17-18H,2-5,10-13H2,1H3,(H,21,23)/t14-,17-,18-/m1/s1. The van der Waals surface area contributed by atoms with Gasteiger partial charge in [-0.25, -0.2) is 4.39 Å². The lowest BCUT2D eigenvalue weighted by Gasteiger charge is -2.34. The Morgan fingerprint density at radius 3 is 2.79 bits per heavy atom. The van der Waals surface area contributed by atoms with E-state index in [2.05, 4.69) is 17.1 Å². The molecule has 1 heterocycles. The molecule has 5 heteroatoms. The van der Waals surface area contributed by atoms with Crippen LogP contribution in [0.4, 0.5) is 4.39 Å². The molecule has 132 valence electrons. The van der Waals surface area contributed by atoms with Gasteiger partial charge in [0.05, 0.1) is 19.3 Å². The summed E-state index contributed by atoms with van der Waals surface area (Å²) in [5.41, 5.74) is 0.961. The summed E-state index contributed by atoms with van der Waals surface area (Å²) < 4.78 is 18.8. The summed E-state index contributed by atoms with van der Waals surface area (Å²) >= 11 is 0. The molecule has 4 nitrogen and oxygen atoms in total. The van der Waals surface area contributed by atoms with Gasteiger partial charge in [-0.3, -0.25) is 9.69 Å². The van der Waals surface area contributed by atoms with E-state index in [0.29, 0.717) is 31.7 Å². The Bertz CT molecular complexity index is 549. The van der Waals surface area contributed by atoms with Crippen LogP contribution in [0.25, 0.3) is 0 Å². The van der Waals surface area contributed by atoms with Gasteiger partial charge in [-0.2, -0.15) is 0 Å². The minimum absolute atomic E-state index is 0.0965. The molecule has 24 heavy (non-hydrogen) atoms. The largest absolute Gasteiger partial charge is 0.371 e. The molecule has 0 radical (unpaired) electrons. The molecule has 0 spiro atoms. The summed E-state index contributed by atoms with van der Waals surface area (Å²) in [7, 11) is 0. The molecule has 1 N–H and O–H groups in total. The maximum atomic E-state index is 13.1. The highest BCUT2D eigenvalue weighted by molar-refractivity contribution is 5.78. The molecule has 1 aliphatic carbocycles. The fourth-order valence-corrected chi connectivity index (χ4v) is 3.71. The van der Waals surface area contributed by atoms with E-state index in [1.165, 1.54) is 31.4 Å². The maximum Gasteiger partial charge on any atom is 0.234 e. The van der Waals surface area contributed by atoms with Gasteiger partial charge in [0.1, 0.15) is 5.82 Å². The summed E-state index contributed by atoms with van der Waals surface area (Å²) in [6.07, 6.45) is 4.68. The number of nitrogens with zero attached hydrogens (tertiary/aromatic N) is 1. The van der Waals surface area contributed by atoms with Crippen molar-refractivity contribution in [2.45, 2.75) is 44.8 Å². The molecule has 2 aliphatic rings. The lowest BCUT2D eigenvalue weighted by atomic mass is 9.86. The van der Waals surface area contributed by atoms with Crippen molar-refractivity contribution in [1.29, 1.82) is 0 Å². The first-order valence-corrected chi connectivity index (χ1v) is 9.00. The SMILES string of the molecule is C[C@@H]1CCCC[C@H]1NC(=O)CN1CCO[C@@H](c2ccc(F)cc2)C1. The van der Waals surface area contributed by atoms with Crippen molar-refractivity contribution in [2.24, 2.45) is 5.92 Å². The Hall–Kier alpha value is -1.46. The van der Waals surface area contributed by atoms with E-state index >= 15 is 0 Å². The number of hydrogen-bond donors (Lipinski definition) is 1. The topological polar surface area (TPSA) is 41.6 Å². The first kappa shape index (κ1) is 17.4. The summed E-state index contributed by atoms with van der Waals surface area (Å²) in [5.74, 6) is 0.431. The maximum absolute atomic E-state index is 13.1. The van der Waals surface area contributed by atoms with Crippen LogP contribution in [0.2, 0.25) is 0 Å². The number of rotatable bonds is 4. The number of morpholine rings is 1. The van der Waals surface area contributed by atoms with Crippen LogP contribution in [-0.2, 0) is 9.53 Å². The highest BCUT2D eigenvalue weighted by atomic mass is 19.1. The molecule has 0 aromatic heterocycles. The predicted octanol–water partition coefficient (Wildman–Crippen LogP) is 2.89. The molecule has 3 atom stereocenters. The Balaban J connectivity index is 1.51. The van der Waals surface area contributed by atoms with Crippen LogP contribution >= 0.6 is 0 Å². The molecule has 1 aromatic rings. The van der Waals surface area contributed by atoms with Crippen molar-refractivity contribution in [3.05, 3.63) is 35.6 Å². The molecule has 1 amide bonds. The normalized spacial score (nSPS) is 28.5. The van der Waals surface area contributed by atoms with Gasteiger partial charge < -0.3 is 10.1 Å². The third-order valence-corrected chi connectivity index (χ3v) is 5.22. The van der Waals surface area contributed by atoms with Gasteiger partial charge in [-0.05, 0) is 36.5 Å². The molecule has 0 unspecified atom stereocenters. The van der Waals surface area contributed by atoms with Crippen LogP contribution in [0.5, 0.6) is 0 Å². The first-order valence-electron chi connectivity index (χ1n) is 9.00. The molecule has 2 fully saturated rings. The van der Waals surface area contributed by atoms with Crippen molar-refractivity contribution >= 4 is 5.91 Å². The van der Waals surface area contributed by atoms with Crippen LogP contribution in [-0.4, -0.2) is 43.1 Å². The van der Waals surface area contributed by atoms with Crippen molar-refractivity contribution < 1.29 is 13.9 Å². The third-order valence-electron chi connectivity index (χ3n) is 5.22. The van der Waals surface area contributed by atoms with Crippen molar-refractivity contribution in [2.75, 3.05) is 26.2 Å². The van der Waals surface area contributed by atoms with Crippen LogP contribution in [0, 0.1) is 11.7 Å². The molecule has 3 rings (SSSR count). The third kappa shape index (κ3) is 4.54. The highest BCUT2D eigenvalue weighted by Crippen LogP contribution is 2.24. The van der Waals surface area contributed by atoms with Crippen molar-refractivity contribution in [1.82, 2.24) is 10.2 Å². The first-order chi connectivity index (χ1) is 11.6. The lowest BCUT2D eigenvalue weighted by molar-refractivity contribution is -0.125. The fourth-order valence-electron chi connectivity index (χ4n) is 3.71. The van der Waals surface area contributed by atoms with E-state index in [1.807, 2.05) is 0 Å². The number of amides is 1. The molecule has 1 saturated carbocycles. The van der Waals surface area contributed by atoms with Gasteiger partial charge in [-0.15, -0.1) is 0 Å². The Morgan fingerprint density at radius 1 is 1.29 bits per heavy atom. The number of benzene rings is 1. The van der Waals surface area contributed by atoms with Gasteiger partial charge in [0.2, 0.25) is 5.91 Å². The number of hydrogen-bond acceptors (Lipinski definition) is 3. The average molecular weight is 334 g/mol. The van der Waals surface area contributed by atoms with E-state index in [-0.39, 0.29) is 17.8 Å². The summed E-state index contributed by atoms with van der Waals surface area (Å²) in [6.45, 7) is 4.65. The van der Waals surface area contributed by atoms with Crippen LogP contribution in [0.3, 0.4) is 0 Å². The van der Waals surface area contributed by atoms with Gasteiger partial charge in [0.25, 0.3) is 0 Å². The van der Waals surface area contributed by atoms with Crippen molar-refractivity contribution in [3.63, 3.8) is 0 Å². The number of ether oxygens (including phenoxy) is 1. The molecule has 1 aliphatic heterocycles. The number of halogens is 1. The zero-order chi connectivity index (χ0) is 16.9. The monoisotopic (exact) mass is 334 g/mol. The Morgan fingerprint density at radius 2 is 2.04 bits per heavy atom. The molecular formula is C19H27FN2O2. The van der Waals surface area contributed by atoms with Gasteiger partial charge in [-0.1, -0.05) is 31.9 Å². The highest BCUT2D eigenvalue weighted by Gasteiger charge is 2.26. The van der Waals surface area contributed by atoms with Crippen LogP contribution in [0.15, 0.2) is 24.3 Å². The van der Waals surface area contributed by atoms with E-state index < -0.39 is 0 Å². The molecule has 0 bridgehead atoms. The minimum atomic E-state index is -0.243. The van der Waals surface area contributed by atoms with E-state index in [4.69, 9.17) is 4.74 Å². The summed E-state index contributed by atoms with van der Waals surface area (Å²) in [6, 6.07) is 6.74. The predicted molar refractivity (Wildman–Crippen MR) is 91.1 cm³/mol. The Labute approximate surface area is 143 Å². The second-order valence-electron chi connectivity index (χ2n) is 7.08. The van der Waals surface area contributed by atoms with Gasteiger partial charge in [0.15, 0.2) is 0 Å². The van der Waals surface area contributed by atoms with Gasteiger partial charge in [0, 0.05) is 19.1 Å². The fraction of sp³-hybridized carbons (Fsp3) is 0.632. The van der Waals surface area contributed by atoms with E-state index in [9.17, 15) is 9.18 Å². The summed E-state index contributed by atoms with van der Waals surface area (Å²) in [4.78, 5) is 14.5. The van der Waals surface area contributed by atoms with E-state index in [1.54, 1.807) is 12.1 Å². The second kappa shape index (κ2) is 8.08. The van der Waals surface area contributed by atoms with Gasteiger partial charge >= 0.3 is 0 Å². The molecular weight excluding hydrogens is 307 g/mol.